The van der Waals surface area contributed by atoms with Gasteiger partial charge in [-0.05, 0) is 25.0 Å². The van der Waals surface area contributed by atoms with Gasteiger partial charge in [0.25, 0.3) is 0 Å². The van der Waals surface area contributed by atoms with E-state index in [4.69, 9.17) is 14.2 Å². The second-order valence-electron chi connectivity index (χ2n) is 7.80. The number of benzene rings is 2. The maximum absolute atomic E-state index is 14.4. The van der Waals surface area contributed by atoms with Gasteiger partial charge in [0.05, 0.1) is 37.6 Å². The van der Waals surface area contributed by atoms with E-state index >= 15 is 0 Å². The molecule has 32 heavy (non-hydrogen) atoms. The fourth-order valence-corrected chi connectivity index (χ4v) is 3.69. The van der Waals surface area contributed by atoms with Gasteiger partial charge in [0, 0.05) is 23.6 Å². The molecule has 0 spiro atoms. The molecule has 2 aliphatic heterocycles. The molecule has 0 aliphatic carbocycles. The van der Waals surface area contributed by atoms with Crippen molar-refractivity contribution in [3.05, 3.63) is 65.0 Å². The lowest BCUT2D eigenvalue weighted by molar-refractivity contribution is -0.229. The molecular weight excluding hydrogens is 439 g/mol. The summed E-state index contributed by atoms with van der Waals surface area (Å²) in [6.45, 7) is 0.988. The zero-order valence-electron chi connectivity index (χ0n) is 16.8. The highest BCUT2D eigenvalue weighted by atomic mass is 19.3. The summed E-state index contributed by atoms with van der Waals surface area (Å²) in [4.78, 5) is 0. The normalized spacial score (nSPS) is 26.7. The van der Waals surface area contributed by atoms with Gasteiger partial charge in [-0.25, -0.2) is 13.2 Å². The number of ether oxygens (including phenoxy) is 4. The van der Waals surface area contributed by atoms with E-state index in [0.717, 1.165) is 12.1 Å². The van der Waals surface area contributed by atoms with Gasteiger partial charge < -0.3 is 24.1 Å². The number of hydrogen-bond donors (Lipinski definition) is 1. The number of alkyl halides is 2. The average Bonchev–Trinajstić information content (AvgIpc) is 2.78. The summed E-state index contributed by atoms with van der Waals surface area (Å²) in [5, 5.41) is 9.52. The Kier molecular flexibility index (Phi) is 6.66. The predicted octanol–water partition coefficient (Wildman–Crippen LogP) is 4.43. The maximum Gasteiger partial charge on any atom is 0.426 e. The van der Waals surface area contributed by atoms with Gasteiger partial charge in [-0.1, -0.05) is 12.1 Å². The Bertz CT molecular complexity index is 900. The molecule has 2 saturated heterocycles. The van der Waals surface area contributed by atoms with Gasteiger partial charge in [-0.3, -0.25) is 0 Å². The summed E-state index contributed by atoms with van der Waals surface area (Å²) < 4.78 is 89.8. The number of aliphatic hydroxyl groups is 1. The molecule has 2 aliphatic rings. The number of hydrogen-bond acceptors (Lipinski definition) is 5. The number of rotatable bonds is 5. The molecule has 0 aromatic heterocycles. The lowest BCUT2D eigenvalue weighted by Crippen LogP contribution is -2.41. The minimum Gasteiger partial charge on any atom is -0.429 e. The van der Waals surface area contributed by atoms with E-state index in [9.17, 15) is 27.1 Å². The van der Waals surface area contributed by atoms with Crippen molar-refractivity contribution < 1.29 is 46.0 Å². The van der Waals surface area contributed by atoms with Crippen molar-refractivity contribution in [1.29, 1.82) is 0 Å². The molecule has 0 saturated carbocycles. The van der Waals surface area contributed by atoms with Crippen LogP contribution in [0.25, 0.3) is 0 Å². The zero-order chi connectivity index (χ0) is 22.9. The minimum atomic E-state index is -3.92. The van der Waals surface area contributed by atoms with Crippen molar-refractivity contribution in [1.82, 2.24) is 0 Å². The minimum absolute atomic E-state index is 0.00672. The van der Waals surface area contributed by atoms with Gasteiger partial charge >= 0.3 is 6.11 Å². The predicted molar refractivity (Wildman–Crippen MR) is 100 cm³/mol. The van der Waals surface area contributed by atoms with Crippen LogP contribution in [0.1, 0.15) is 30.3 Å². The fraction of sp³-hybridized carbons (Fsp3) is 0.455. The van der Waals surface area contributed by atoms with Crippen LogP contribution in [-0.2, 0) is 20.3 Å². The van der Waals surface area contributed by atoms with Crippen molar-refractivity contribution in [2.75, 3.05) is 19.8 Å². The van der Waals surface area contributed by atoms with Gasteiger partial charge in [0.2, 0.25) is 0 Å². The molecule has 2 aromatic rings. The quantitative estimate of drug-likeness (QED) is 0.529. The third-order valence-electron chi connectivity index (χ3n) is 5.46. The van der Waals surface area contributed by atoms with Gasteiger partial charge in [0.1, 0.15) is 5.75 Å². The molecular formula is C22H21F5O5. The first-order valence-electron chi connectivity index (χ1n) is 10.1. The van der Waals surface area contributed by atoms with Crippen molar-refractivity contribution in [2.45, 2.75) is 37.4 Å². The van der Waals surface area contributed by atoms with Gasteiger partial charge in [-0.15, -0.1) is 0 Å². The second-order valence-corrected chi connectivity index (χ2v) is 7.80. The number of halogens is 5. The largest absolute Gasteiger partial charge is 0.429 e. The van der Waals surface area contributed by atoms with E-state index in [0.29, 0.717) is 43.8 Å². The Morgan fingerprint density at radius 1 is 0.875 bits per heavy atom. The van der Waals surface area contributed by atoms with Crippen molar-refractivity contribution in [3.8, 4) is 5.75 Å². The van der Waals surface area contributed by atoms with E-state index < -0.39 is 47.3 Å². The van der Waals surface area contributed by atoms with E-state index in [1.54, 1.807) is 0 Å². The molecule has 2 unspecified atom stereocenters. The summed E-state index contributed by atoms with van der Waals surface area (Å²) in [6.07, 6.45) is -3.83. The highest BCUT2D eigenvalue weighted by molar-refractivity contribution is 5.29. The van der Waals surface area contributed by atoms with Gasteiger partial charge in [0.15, 0.2) is 23.7 Å². The van der Waals surface area contributed by atoms with Crippen LogP contribution in [-0.4, -0.2) is 37.1 Å². The molecule has 0 radical (unpaired) electrons. The Morgan fingerprint density at radius 3 is 2.06 bits per heavy atom. The van der Waals surface area contributed by atoms with Crippen LogP contribution >= 0.6 is 0 Å². The fourth-order valence-electron chi connectivity index (χ4n) is 3.69. The summed E-state index contributed by atoms with van der Waals surface area (Å²) in [5.41, 5.74) is -0.0731. The monoisotopic (exact) mass is 460 g/mol. The molecule has 2 atom stereocenters. The highest BCUT2D eigenvalue weighted by Gasteiger charge is 2.36. The SMILES string of the molecule is OC1CCC(C2COC(c3ccc(C(F)(F)Oc4cc(F)c(F)c(F)c4)cc3)OC2)OC1. The van der Waals surface area contributed by atoms with Crippen LogP contribution in [0.4, 0.5) is 22.0 Å². The standard InChI is InChI=1S/C22H21F5O5/c23-17-7-16(8-18(24)20(17)25)32-22(26,27)14-3-1-12(2-4-14)21-30-9-13(10-31-21)19-6-5-15(28)11-29-19/h1-4,7-8,13,15,19,21,28H,5-6,9-11H2. The molecule has 1 N–H and O–H groups in total. The summed E-state index contributed by atoms with van der Waals surface area (Å²) in [6, 6.07) is 5.59. The third-order valence-corrected chi connectivity index (χ3v) is 5.46. The van der Waals surface area contributed by atoms with Gasteiger partial charge in [-0.2, -0.15) is 8.78 Å². The van der Waals surface area contributed by atoms with Crippen molar-refractivity contribution in [2.24, 2.45) is 5.92 Å². The van der Waals surface area contributed by atoms with Crippen LogP contribution in [0.5, 0.6) is 5.75 Å². The van der Waals surface area contributed by atoms with E-state index in [1.807, 2.05) is 0 Å². The molecule has 2 heterocycles. The van der Waals surface area contributed by atoms with E-state index in [2.05, 4.69) is 4.74 Å². The Labute approximate surface area is 180 Å². The maximum atomic E-state index is 14.4. The van der Waals surface area contributed by atoms with Crippen LogP contribution < -0.4 is 4.74 Å². The lowest BCUT2D eigenvalue weighted by atomic mass is 9.95. The van der Waals surface area contributed by atoms with Crippen LogP contribution in [0, 0.1) is 23.4 Å². The molecule has 5 nitrogen and oxygen atoms in total. The first-order chi connectivity index (χ1) is 15.2. The Morgan fingerprint density at radius 2 is 1.50 bits per heavy atom. The summed E-state index contributed by atoms with van der Waals surface area (Å²) >= 11 is 0. The van der Waals surface area contributed by atoms with Crippen molar-refractivity contribution >= 4 is 0 Å². The van der Waals surface area contributed by atoms with Crippen LogP contribution in [0.3, 0.4) is 0 Å². The summed E-state index contributed by atoms with van der Waals surface area (Å²) in [5.74, 6) is -5.88. The summed E-state index contributed by atoms with van der Waals surface area (Å²) in [7, 11) is 0. The first kappa shape index (κ1) is 22.9. The third kappa shape index (κ3) is 5.03. The molecule has 10 heteroatoms. The molecule has 2 aromatic carbocycles. The Hall–Kier alpha value is -2.27. The van der Waals surface area contributed by atoms with Crippen LogP contribution in [0.15, 0.2) is 36.4 Å². The highest BCUT2D eigenvalue weighted by Crippen LogP contribution is 2.35. The molecule has 0 amide bonds. The molecule has 4 rings (SSSR count). The number of aliphatic hydroxyl groups excluding tert-OH is 1. The molecule has 0 bridgehead atoms. The second kappa shape index (κ2) is 9.30. The first-order valence-corrected chi connectivity index (χ1v) is 10.1. The van der Waals surface area contributed by atoms with Crippen LogP contribution in [0.2, 0.25) is 0 Å². The Balaban J connectivity index is 1.36. The van der Waals surface area contributed by atoms with E-state index in [1.165, 1.54) is 12.1 Å². The molecule has 2 fully saturated rings. The molecule has 174 valence electrons. The topological polar surface area (TPSA) is 57.2 Å². The lowest BCUT2D eigenvalue weighted by Gasteiger charge is -2.36. The van der Waals surface area contributed by atoms with Crippen molar-refractivity contribution in [3.63, 3.8) is 0 Å². The smallest absolute Gasteiger partial charge is 0.426 e. The average molecular weight is 460 g/mol. The zero-order valence-corrected chi connectivity index (χ0v) is 16.8. The van der Waals surface area contributed by atoms with E-state index in [-0.39, 0.29) is 18.6 Å².